The maximum Gasteiger partial charge on any atom is 0.234 e. The summed E-state index contributed by atoms with van der Waals surface area (Å²) >= 11 is 0. The van der Waals surface area contributed by atoms with Gasteiger partial charge >= 0.3 is 0 Å². The first-order chi connectivity index (χ1) is 5.68. The first-order valence-corrected chi connectivity index (χ1v) is 4.33. The number of hydrogen-bond acceptors (Lipinski definition) is 3. The summed E-state index contributed by atoms with van der Waals surface area (Å²) < 4.78 is 0. The monoisotopic (exact) mass is 171 g/mol. The van der Waals surface area contributed by atoms with Crippen molar-refractivity contribution < 1.29 is 4.79 Å². The quantitative estimate of drug-likeness (QED) is 0.574. The SMILES string of the molecule is CN(C)CCC1CNC(=O)CN1. The lowest BCUT2D eigenvalue weighted by Gasteiger charge is -2.25. The summed E-state index contributed by atoms with van der Waals surface area (Å²) in [7, 11) is 4.11. The molecular formula is C8H17N3O. The molecule has 0 aromatic heterocycles. The van der Waals surface area contributed by atoms with E-state index in [1.165, 1.54) is 0 Å². The van der Waals surface area contributed by atoms with Gasteiger partial charge in [0.25, 0.3) is 0 Å². The van der Waals surface area contributed by atoms with Crippen LogP contribution in [0.25, 0.3) is 0 Å². The van der Waals surface area contributed by atoms with Crippen LogP contribution in [-0.4, -0.2) is 50.6 Å². The van der Waals surface area contributed by atoms with E-state index in [2.05, 4.69) is 29.6 Å². The summed E-state index contributed by atoms with van der Waals surface area (Å²) in [6, 6.07) is 0.449. The Morgan fingerprint density at radius 1 is 1.58 bits per heavy atom. The van der Waals surface area contributed by atoms with Gasteiger partial charge in [-0.2, -0.15) is 0 Å². The Labute approximate surface area is 73.3 Å². The van der Waals surface area contributed by atoms with Crippen LogP contribution in [0.2, 0.25) is 0 Å². The van der Waals surface area contributed by atoms with Crippen molar-refractivity contribution in [2.45, 2.75) is 12.5 Å². The number of carbonyl (C=O) groups is 1. The molecule has 0 aromatic carbocycles. The van der Waals surface area contributed by atoms with Gasteiger partial charge in [-0.05, 0) is 27.1 Å². The molecule has 1 atom stereocenters. The summed E-state index contributed by atoms with van der Waals surface area (Å²) in [5, 5.41) is 6.02. The second kappa shape index (κ2) is 4.42. The van der Waals surface area contributed by atoms with Crippen LogP contribution < -0.4 is 10.6 Å². The molecule has 4 nitrogen and oxygen atoms in total. The number of carbonyl (C=O) groups excluding carboxylic acids is 1. The van der Waals surface area contributed by atoms with Gasteiger partial charge < -0.3 is 15.5 Å². The van der Waals surface area contributed by atoms with Gasteiger partial charge in [-0.3, -0.25) is 4.79 Å². The molecular weight excluding hydrogens is 154 g/mol. The van der Waals surface area contributed by atoms with E-state index in [1.807, 2.05) is 0 Å². The Morgan fingerprint density at radius 3 is 2.83 bits per heavy atom. The predicted octanol–water partition coefficient (Wildman–Crippen LogP) is -0.974. The minimum Gasteiger partial charge on any atom is -0.353 e. The molecule has 1 unspecified atom stereocenters. The Hall–Kier alpha value is -0.610. The smallest absolute Gasteiger partial charge is 0.234 e. The number of hydrogen-bond donors (Lipinski definition) is 2. The highest BCUT2D eigenvalue weighted by Gasteiger charge is 2.16. The minimum atomic E-state index is 0.108. The first-order valence-electron chi connectivity index (χ1n) is 4.33. The van der Waals surface area contributed by atoms with Crippen molar-refractivity contribution in [2.75, 3.05) is 33.7 Å². The lowest BCUT2D eigenvalue weighted by atomic mass is 10.1. The maximum absolute atomic E-state index is 10.8. The average molecular weight is 171 g/mol. The van der Waals surface area contributed by atoms with Crippen LogP contribution in [0.4, 0.5) is 0 Å². The van der Waals surface area contributed by atoms with E-state index in [9.17, 15) is 4.79 Å². The van der Waals surface area contributed by atoms with Gasteiger partial charge in [-0.15, -0.1) is 0 Å². The Balaban J connectivity index is 2.13. The lowest BCUT2D eigenvalue weighted by Crippen LogP contribution is -2.52. The highest BCUT2D eigenvalue weighted by atomic mass is 16.2. The number of nitrogens with one attached hydrogen (secondary N) is 2. The molecule has 1 aliphatic heterocycles. The van der Waals surface area contributed by atoms with Crippen LogP contribution in [0.5, 0.6) is 0 Å². The van der Waals surface area contributed by atoms with Crippen LogP contribution in [0.1, 0.15) is 6.42 Å². The fourth-order valence-corrected chi connectivity index (χ4v) is 1.23. The molecule has 1 amide bonds. The molecule has 1 rings (SSSR count). The first kappa shape index (κ1) is 9.48. The summed E-state index contributed by atoms with van der Waals surface area (Å²) in [5.41, 5.74) is 0. The van der Waals surface area contributed by atoms with E-state index >= 15 is 0 Å². The summed E-state index contributed by atoms with van der Waals surface area (Å²) in [6.45, 7) is 2.30. The zero-order valence-corrected chi connectivity index (χ0v) is 7.76. The number of piperazine rings is 1. The second-order valence-electron chi connectivity index (χ2n) is 3.47. The molecule has 4 heteroatoms. The number of nitrogens with zero attached hydrogens (tertiary/aromatic N) is 1. The fourth-order valence-electron chi connectivity index (χ4n) is 1.23. The van der Waals surface area contributed by atoms with Crippen molar-refractivity contribution in [3.05, 3.63) is 0 Å². The average Bonchev–Trinajstić information content (AvgIpc) is 2.03. The van der Waals surface area contributed by atoms with Crippen LogP contribution >= 0.6 is 0 Å². The van der Waals surface area contributed by atoms with Crippen molar-refractivity contribution in [1.29, 1.82) is 0 Å². The third kappa shape index (κ3) is 3.19. The largest absolute Gasteiger partial charge is 0.353 e. The van der Waals surface area contributed by atoms with E-state index in [4.69, 9.17) is 0 Å². The zero-order valence-electron chi connectivity index (χ0n) is 7.76. The van der Waals surface area contributed by atoms with Gasteiger partial charge in [0.05, 0.1) is 6.54 Å². The van der Waals surface area contributed by atoms with Crippen molar-refractivity contribution in [3.63, 3.8) is 0 Å². The molecule has 12 heavy (non-hydrogen) atoms. The van der Waals surface area contributed by atoms with Crippen molar-refractivity contribution in [2.24, 2.45) is 0 Å². The molecule has 1 heterocycles. The van der Waals surface area contributed by atoms with Gasteiger partial charge in [0.15, 0.2) is 0 Å². The number of amides is 1. The molecule has 2 N–H and O–H groups in total. The molecule has 70 valence electrons. The van der Waals surface area contributed by atoms with E-state index in [0.29, 0.717) is 12.6 Å². The molecule has 0 bridgehead atoms. The molecule has 0 aliphatic carbocycles. The second-order valence-corrected chi connectivity index (χ2v) is 3.47. The zero-order chi connectivity index (χ0) is 8.97. The number of rotatable bonds is 3. The topological polar surface area (TPSA) is 44.4 Å². The Morgan fingerprint density at radius 2 is 2.33 bits per heavy atom. The van der Waals surface area contributed by atoms with Gasteiger partial charge in [-0.25, -0.2) is 0 Å². The minimum absolute atomic E-state index is 0.108. The molecule has 1 fully saturated rings. The van der Waals surface area contributed by atoms with Crippen molar-refractivity contribution >= 4 is 5.91 Å². The Kier molecular flexibility index (Phi) is 3.49. The lowest BCUT2D eigenvalue weighted by molar-refractivity contribution is -0.121. The third-order valence-electron chi connectivity index (χ3n) is 2.02. The van der Waals surface area contributed by atoms with Crippen LogP contribution in [0.15, 0.2) is 0 Å². The van der Waals surface area contributed by atoms with E-state index in [1.54, 1.807) is 0 Å². The third-order valence-corrected chi connectivity index (χ3v) is 2.02. The molecule has 1 aliphatic rings. The molecule has 0 saturated carbocycles. The normalized spacial score (nSPS) is 24.2. The highest BCUT2D eigenvalue weighted by molar-refractivity contribution is 5.78. The molecule has 0 radical (unpaired) electrons. The fraction of sp³-hybridized carbons (Fsp3) is 0.875. The summed E-state index contributed by atoms with van der Waals surface area (Å²) in [4.78, 5) is 12.9. The van der Waals surface area contributed by atoms with E-state index in [0.717, 1.165) is 19.5 Å². The summed E-state index contributed by atoms with van der Waals surface area (Å²) in [6.07, 6.45) is 1.09. The van der Waals surface area contributed by atoms with Gasteiger partial charge in [0.2, 0.25) is 5.91 Å². The van der Waals surface area contributed by atoms with E-state index < -0.39 is 0 Å². The van der Waals surface area contributed by atoms with Gasteiger partial charge in [-0.1, -0.05) is 0 Å². The standard InChI is InChI=1S/C8H17N3O/c1-11(2)4-3-7-5-10-8(12)6-9-7/h7,9H,3-6H2,1-2H3,(H,10,12). The van der Waals surface area contributed by atoms with Gasteiger partial charge in [0.1, 0.15) is 0 Å². The predicted molar refractivity (Wildman–Crippen MR) is 48.0 cm³/mol. The maximum atomic E-state index is 10.8. The van der Waals surface area contributed by atoms with Crippen molar-refractivity contribution in [1.82, 2.24) is 15.5 Å². The molecule has 1 saturated heterocycles. The Bertz CT molecular complexity index is 148. The van der Waals surface area contributed by atoms with E-state index in [-0.39, 0.29) is 5.91 Å². The molecule has 0 spiro atoms. The summed E-state index contributed by atoms with van der Waals surface area (Å²) in [5.74, 6) is 0.108. The van der Waals surface area contributed by atoms with Crippen molar-refractivity contribution in [3.8, 4) is 0 Å². The van der Waals surface area contributed by atoms with Crippen LogP contribution in [0, 0.1) is 0 Å². The van der Waals surface area contributed by atoms with Crippen LogP contribution in [0.3, 0.4) is 0 Å². The van der Waals surface area contributed by atoms with Crippen LogP contribution in [-0.2, 0) is 4.79 Å². The highest BCUT2D eigenvalue weighted by Crippen LogP contribution is 1.95. The molecule has 0 aromatic rings. The van der Waals surface area contributed by atoms with Gasteiger partial charge in [0, 0.05) is 12.6 Å².